The zero-order valence-corrected chi connectivity index (χ0v) is 15.7. The third kappa shape index (κ3) is 4.62. The number of amides is 1. The summed E-state index contributed by atoms with van der Waals surface area (Å²) in [6.45, 7) is 0. The Hall–Kier alpha value is -4.05. The first-order chi connectivity index (χ1) is 14.3. The van der Waals surface area contributed by atoms with Crippen LogP contribution in [0.25, 0.3) is 21.7 Å². The lowest BCUT2D eigenvalue weighted by molar-refractivity contribution is 0.102. The number of carbonyl (C=O) groups excluding carboxylic acids is 1. The molecule has 1 N–H and O–H groups in total. The van der Waals surface area contributed by atoms with Gasteiger partial charge in [-0.05, 0) is 47.9 Å². The van der Waals surface area contributed by atoms with E-state index in [0.717, 1.165) is 22.0 Å². The fourth-order valence-corrected chi connectivity index (χ4v) is 2.97. The highest BCUT2D eigenvalue weighted by molar-refractivity contribution is 6.05. The third-order valence-electron chi connectivity index (χ3n) is 4.45. The molecule has 0 atom stereocenters. The molecule has 140 valence electrons. The maximum atomic E-state index is 12.0. The van der Waals surface area contributed by atoms with Crippen LogP contribution in [0.4, 0.5) is 5.69 Å². The average molecular weight is 377 g/mol. The van der Waals surface area contributed by atoms with Gasteiger partial charge in [0.2, 0.25) is 0 Å². The van der Waals surface area contributed by atoms with Gasteiger partial charge in [0.05, 0.1) is 5.52 Å². The molecule has 0 saturated carbocycles. The van der Waals surface area contributed by atoms with Gasteiger partial charge < -0.3 is 5.32 Å². The van der Waals surface area contributed by atoms with E-state index in [1.165, 1.54) is 5.39 Å². The number of aromatic nitrogens is 2. The van der Waals surface area contributed by atoms with Crippen molar-refractivity contribution in [1.29, 1.82) is 0 Å². The molecular weight excluding hydrogens is 358 g/mol. The van der Waals surface area contributed by atoms with Crippen molar-refractivity contribution in [1.82, 2.24) is 9.97 Å². The lowest BCUT2D eigenvalue weighted by Crippen LogP contribution is -2.11. The van der Waals surface area contributed by atoms with Gasteiger partial charge in [-0.25, -0.2) is 0 Å². The molecule has 5 rings (SSSR count). The van der Waals surface area contributed by atoms with Gasteiger partial charge in [0, 0.05) is 40.6 Å². The standard InChI is InChI=1S/C16H12N2O.C9H7N/c19-16(13-4-2-1-3-5-13)18-15-7-6-12-8-9-17-11-14(12)10-15;1-2-6-9-8(4-1)5-3-7-10-9/h1-11H,(H,18,19);1-7H. The van der Waals surface area contributed by atoms with Crippen LogP contribution < -0.4 is 5.32 Å². The van der Waals surface area contributed by atoms with Gasteiger partial charge in [-0.1, -0.05) is 48.5 Å². The predicted octanol–water partition coefficient (Wildman–Crippen LogP) is 5.72. The molecule has 3 aromatic carbocycles. The Bertz CT molecular complexity index is 1190. The zero-order chi connectivity index (χ0) is 19.9. The second-order valence-corrected chi connectivity index (χ2v) is 6.45. The first-order valence-electron chi connectivity index (χ1n) is 9.29. The molecule has 1 amide bonds. The van der Waals surface area contributed by atoms with Gasteiger partial charge >= 0.3 is 0 Å². The van der Waals surface area contributed by atoms with Crippen molar-refractivity contribution in [3.63, 3.8) is 0 Å². The molecule has 4 nitrogen and oxygen atoms in total. The Labute approximate surface area is 168 Å². The Balaban J connectivity index is 0.000000171. The molecular formula is C25H19N3O. The maximum Gasteiger partial charge on any atom is 0.255 e. The van der Waals surface area contributed by atoms with Crippen molar-refractivity contribution in [2.24, 2.45) is 0 Å². The highest BCUT2D eigenvalue weighted by atomic mass is 16.1. The smallest absolute Gasteiger partial charge is 0.255 e. The van der Waals surface area contributed by atoms with E-state index < -0.39 is 0 Å². The van der Waals surface area contributed by atoms with E-state index in [9.17, 15) is 4.79 Å². The predicted molar refractivity (Wildman–Crippen MR) is 118 cm³/mol. The second kappa shape index (κ2) is 8.76. The summed E-state index contributed by atoms with van der Waals surface area (Å²) in [4.78, 5) is 20.3. The third-order valence-corrected chi connectivity index (χ3v) is 4.45. The normalized spacial score (nSPS) is 10.2. The largest absolute Gasteiger partial charge is 0.322 e. The zero-order valence-electron chi connectivity index (χ0n) is 15.7. The number of hydrogen-bond acceptors (Lipinski definition) is 3. The summed E-state index contributed by atoms with van der Waals surface area (Å²) < 4.78 is 0. The number of nitrogens with zero attached hydrogens (tertiary/aromatic N) is 2. The summed E-state index contributed by atoms with van der Waals surface area (Å²) in [5.74, 6) is -0.108. The van der Waals surface area contributed by atoms with Crippen molar-refractivity contribution in [2.45, 2.75) is 0 Å². The van der Waals surface area contributed by atoms with Crippen molar-refractivity contribution in [2.75, 3.05) is 5.32 Å². The van der Waals surface area contributed by atoms with Crippen molar-refractivity contribution in [3.05, 3.63) is 115 Å². The van der Waals surface area contributed by atoms with Gasteiger partial charge in [0.1, 0.15) is 0 Å². The molecule has 0 aliphatic heterocycles. The highest BCUT2D eigenvalue weighted by Gasteiger charge is 2.05. The lowest BCUT2D eigenvalue weighted by Gasteiger charge is -2.06. The first kappa shape index (κ1) is 18.3. The fraction of sp³-hybridized carbons (Fsp3) is 0. The van der Waals surface area contributed by atoms with Crippen molar-refractivity contribution >= 4 is 33.3 Å². The Morgan fingerprint density at radius 2 is 1.48 bits per heavy atom. The van der Waals surface area contributed by atoms with Crippen LogP contribution in [0.1, 0.15) is 10.4 Å². The number of fused-ring (bicyclic) bond motifs is 2. The quantitative estimate of drug-likeness (QED) is 0.428. The van der Waals surface area contributed by atoms with E-state index in [2.05, 4.69) is 27.4 Å². The second-order valence-electron chi connectivity index (χ2n) is 6.45. The number of benzene rings is 3. The number of rotatable bonds is 2. The molecule has 5 aromatic rings. The van der Waals surface area contributed by atoms with Crippen LogP contribution in [0.3, 0.4) is 0 Å². The average Bonchev–Trinajstić information content (AvgIpc) is 2.80. The minimum Gasteiger partial charge on any atom is -0.322 e. The molecule has 0 aliphatic rings. The number of pyridine rings is 2. The molecule has 4 heteroatoms. The molecule has 2 aromatic heterocycles. The van der Waals surface area contributed by atoms with Crippen LogP contribution in [0.5, 0.6) is 0 Å². The van der Waals surface area contributed by atoms with Crippen LogP contribution in [0, 0.1) is 0 Å². The SMILES string of the molecule is O=C(Nc1ccc2ccncc2c1)c1ccccc1.c1ccc2ncccc2c1. The van der Waals surface area contributed by atoms with Crippen LogP contribution in [-0.2, 0) is 0 Å². The highest BCUT2D eigenvalue weighted by Crippen LogP contribution is 2.18. The van der Waals surface area contributed by atoms with E-state index in [4.69, 9.17) is 0 Å². The minimum atomic E-state index is -0.108. The summed E-state index contributed by atoms with van der Waals surface area (Å²) in [6, 6.07) is 29.0. The molecule has 2 heterocycles. The summed E-state index contributed by atoms with van der Waals surface area (Å²) in [6.07, 6.45) is 5.35. The number of nitrogens with one attached hydrogen (secondary N) is 1. The lowest BCUT2D eigenvalue weighted by atomic mass is 10.1. The van der Waals surface area contributed by atoms with Crippen molar-refractivity contribution < 1.29 is 4.79 Å². The van der Waals surface area contributed by atoms with E-state index >= 15 is 0 Å². The monoisotopic (exact) mass is 377 g/mol. The van der Waals surface area contributed by atoms with E-state index in [-0.39, 0.29) is 5.91 Å². The molecule has 0 unspecified atom stereocenters. The summed E-state index contributed by atoms with van der Waals surface area (Å²) in [5, 5.41) is 6.19. The van der Waals surface area contributed by atoms with Crippen LogP contribution >= 0.6 is 0 Å². The molecule has 29 heavy (non-hydrogen) atoms. The fourth-order valence-electron chi connectivity index (χ4n) is 2.97. The molecule has 0 fully saturated rings. The van der Waals surface area contributed by atoms with Crippen LogP contribution in [0.15, 0.2) is 110 Å². The number of hydrogen-bond donors (Lipinski definition) is 1. The Kier molecular flexibility index (Phi) is 5.53. The van der Waals surface area contributed by atoms with Crippen molar-refractivity contribution in [3.8, 4) is 0 Å². The molecule has 0 radical (unpaired) electrons. The first-order valence-corrected chi connectivity index (χ1v) is 9.29. The van der Waals surface area contributed by atoms with Gasteiger partial charge in [0.15, 0.2) is 0 Å². The summed E-state index contributed by atoms with van der Waals surface area (Å²) in [5.41, 5.74) is 2.48. The van der Waals surface area contributed by atoms with Gasteiger partial charge in [-0.2, -0.15) is 0 Å². The van der Waals surface area contributed by atoms with Gasteiger partial charge in [-0.3, -0.25) is 14.8 Å². The number of carbonyl (C=O) groups is 1. The van der Waals surface area contributed by atoms with Gasteiger partial charge in [-0.15, -0.1) is 0 Å². The Morgan fingerprint density at radius 3 is 2.34 bits per heavy atom. The molecule has 0 aliphatic carbocycles. The van der Waals surface area contributed by atoms with E-state index in [1.807, 2.05) is 72.9 Å². The van der Waals surface area contributed by atoms with E-state index in [1.54, 1.807) is 24.5 Å². The Morgan fingerprint density at radius 1 is 0.690 bits per heavy atom. The van der Waals surface area contributed by atoms with Gasteiger partial charge in [0.25, 0.3) is 5.91 Å². The minimum absolute atomic E-state index is 0.108. The van der Waals surface area contributed by atoms with Crippen LogP contribution in [0.2, 0.25) is 0 Å². The number of anilines is 1. The number of para-hydroxylation sites is 1. The molecule has 0 spiro atoms. The molecule has 0 saturated heterocycles. The molecule has 0 bridgehead atoms. The summed E-state index contributed by atoms with van der Waals surface area (Å²) in [7, 11) is 0. The van der Waals surface area contributed by atoms with Crippen LogP contribution in [-0.4, -0.2) is 15.9 Å². The maximum absolute atomic E-state index is 12.0. The van der Waals surface area contributed by atoms with E-state index in [0.29, 0.717) is 5.56 Å². The topological polar surface area (TPSA) is 54.9 Å². The summed E-state index contributed by atoms with van der Waals surface area (Å²) >= 11 is 0.